The maximum Gasteiger partial charge on any atom is 0.336 e. The number of carbonyl (C=O) groups is 1. The van der Waals surface area contributed by atoms with E-state index in [4.69, 9.17) is 0 Å². The maximum atomic E-state index is 11.4. The van der Waals surface area contributed by atoms with E-state index in [1.54, 1.807) is 6.07 Å². The van der Waals surface area contributed by atoms with Crippen LogP contribution in [0.15, 0.2) is 30.3 Å². The molecule has 0 saturated heterocycles. The Morgan fingerprint density at radius 2 is 1.89 bits per heavy atom. The van der Waals surface area contributed by atoms with Gasteiger partial charge in [-0.1, -0.05) is 37.5 Å². The Hall–Kier alpha value is -1.90. The van der Waals surface area contributed by atoms with E-state index in [0.29, 0.717) is 11.5 Å². The zero-order chi connectivity index (χ0) is 13.2. The van der Waals surface area contributed by atoms with Gasteiger partial charge in [-0.05, 0) is 25.0 Å². The molecule has 0 unspecified atom stereocenters. The van der Waals surface area contributed by atoms with E-state index in [-0.39, 0.29) is 0 Å². The molecule has 3 nitrogen and oxygen atoms in total. The van der Waals surface area contributed by atoms with E-state index >= 15 is 0 Å². The van der Waals surface area contributed by atoms with E-state index in [1.807, 2.05) is 24.3 Å². The number of benzene rings is 1. The SMILES string of the molecule is O=C(O)c1cc(C2CCCCC2)nc2ccccc12. The van der Waals surface area contributed by atoms with Gasteiger partial charge in [0.1, 0.15) is 0 Å². The van der Waals surface area contributed by atoms with E-state index < -0.39 is 5.97 Å². The molecule has 0 bridgehead atoms. The van der Waals surface area contributed by atoms with Gasteiger partial charge in [-0.3, -0.25) is 4.98 Å². The molecule has 0 aliphatic heterocycles. The summed E-state index contributed by atoms with van der Waals surface area (Å²) >= 11 is 0. The van der Waals surface area contributed by atoms with Gasteiger partial charge in [0.25, 0.3) is 0 Å². The Labute approximate surface area is 112 Å². The Balaban J connectivity index is 2.12. The predicted molar refractivity (Wildman–Crippen MR) is 74.5 cm³/mol. The molecular weight excluding hydrogens is 238 g/mol. The Morgan fingerprint density at radius 1 is 1.16 bits per heavy atom. The summed E-state index contributed by atoms with van der Waals surface area (Å²) in [6.45, 7) is 0. The maximum absolute atomic E-state index is 11.4. The molecule has 0 atom stereocenters. The smallest absolute Gasteiger partial charge is 0.336 e. The molecule has 2 aromatic rings. The van der Waals surface area contributed by atoms with Crippen LogP contribution < -0.4 is 0 Å². The summed E-state index contributed by atoms with van der Waals surface area (Å²) < 4.78 is 0. The second-order valence-electron chi connectivity index (χ2n) is 5.25. The van der Waals surface area contributed by atoms with E-state index in [1.165, 1.54) is 19.3 Å². The third-order valence-corrected chi connectivity index (χ3v) is 3.99. The van der Waals surface area contributed by atoms with Crippen LogP contribution in [0.3, 0.4) is 0 Å². The summed E-state index contributed by atoms with van der Waals surface area (Å²) in [4.78, 5) is 16.1. The molecule has 1 aliphatic carbocycles. The van der Waals surface area contributed by atoms with Crippen molar-refractivity contribution in [2.75, 3.05) is 0 Å². The number of para-hydroxylation sites is 1. The van der Waals surface area contributed by atoms with Crippen LogP contribution in [0.4, 0.5) is 0 Å². The normalized spacial score (nSPS) is 16.6. The molecule has 1 aliphatic rings. The van der Waals surface area contributed by atoms with Gasteiger partial charge in [0.2, 0.25) is 0 Å². The molecule has 0 radical (unpaired) electrons. The minimum absolute atomic E-state index is 0.381. The van der Waals surface area contributed by atoms with Crippen LogP contribution in [0.2, 0.25) is 0 Å². The van der Waals surface area contributed by atoms with E-state index in [2.05, 4.69) is 4.98 Å². The lowest BCUT2D eigenvalue weighted by Gasteiger charge is -2.21. The lowest BCUT2D eigenvalue weighted by Crippen LogP contribution is -2.09. The molecular formula is C16H17NO2. The molecule has 1 heterocycles. The van der Waals surface area contributed by atoms with Crippen molar-refractivity contribution in [3.8, 4) is 0 Å². The van der Waals surface area contributed by atoms with E-state index in [9.17, 15) is 9.90 Å². The van der Waals surface area contributed by atoms with Gasteiger partial charge in [-0.15, -0.1) is 0 Å². The molecule has 1 aromatic carbocycles. The predicted octanol–water partition coefficient (Wildman–Crippen LogP) is 3.98. The Morgan fingerprint density at radius 3 is 2.63 bits per heavy atom. The summed E-state index contributed by atoms with van der Waals surface area (Å²) in [5.41, 5.74) is 2.13. The van der Waals surface area contributed by atoms with E-state index in [0.717, 1.165) is 29.4 Å². The zero-order valence-electron chi connectivity index (χ0n) is 10.8. The summed E-state index contributed by atoms with van der Waals surface area (Å²) in [6.07, 6.45) is 5.99. The van der Waals surface area contributed by atoms with Gasteiger partial charge in [-0.2, -0.15) is 0 Å². The highest BCUT2D eigenvalue weighted by Crippen LogP contribution is 2.33. The Bertz CT molecular complexity index is 615. The fraction of sp³-hybridized carbons (Fsp3) is 0.375. The minimum atomic E-state index is -0.865. The summed E-state index contributed by atoms with van der Waals surface area (Å²) in [7, 11) is 0. The number of aromatic carboxylic acids is 1. The summed E-state index contributed by atoms with van der Waals surface area (Å²) in [6, 6.07) is 9.27. The molecule has 3 heteroatoms. The molecule has 0 amide bonds. The van der Waals surface area contributed by atoms with Crippen LogP contribution in [0.25, 0.3) is 10.9 Å². The third kappa shape index (κ3) is 2.33. The Kier molecular flexibility index (Phi) is 3.20. The lowest BCUT2D eigenvalue weighted by atomic mass is 9.86. The largest absolute Gasteiger partial charge is 0.478 e. The van der Waals surface area contributed by atoms with Gasteiger partial charge in [0.05, 0.1) is 11.1 Å². The number of hydrogen-bond donors (Lipinski definition) is 1. The van der Waals surface area contributed by atoms with Crippen molar-refractivity contribution in [2.45, 2.75) is 38.0 Å². The van der Waals surface area contributed by atoms with Crippen LogP contribution in [-0.4, -0.2) is 16.1 Å². The van der Waals surface area contributed by atoms with Crippen LogP contribution >= 0.6 is 0 Å². The van der Waals surface area contributed by atoms with Gasteiger partial charge in [-0.25, -0.2) is 4.79 Å². The van der Waals surface area contributed by atoms with Crippen molar-refractivity contribution in [2.24, 2.45) is 0 Å². The fourth-order valence-corrected chi connectivity index (χ4v) is 2.98. The second-order valence-corrected chi connectivity index (χ2v) is 5.25. The second kappa shape index (κ2) is 5.00. The quantitative estimate of drug-likeness (QED) is 0.883. The zero-order valence-corrected chi connectivity index (χ0v) is 10.8. The number of aromatic nitrogens is 1. The monoisotopic (exact) mass is 255 g/mol. The highest BCUT2D eigenvalue weighted by molar-refractivity contribution is 6.02. The van der Waals surface area contributed by atoms with Crippen LogP contribution in [0.1, 0.15) is 54.1 Å². The van der Waals surface area contributed by atoms with Gasteiger partial charge in [0, 0.05) is 17.0 Å². The first-order valence-electron chi connectivity index (χ1n) is 6.88. The minimum Gasteiger partial charge on any atom is -0.478 e. The van der Waals surface area contributed by atoms with Crippen molar-refractivity contribution >= 4 is 16.9 Å². The molecule has 1 fully saturated rings. The standard InChI is InChI=1S/C16H17NO2/c18-16(19)13-10-15(11-6-2-1-3-7-11)17-14-9-5-4-8-12(13)14/h4-5,8-11H,1-3,6-7H2,(H,18,19). The average molecular weight is 255 g/mol. The summed E-state index contributed by atoms with van der Waals surface area (Å²) in [5.74, 6) is -0.438. The average Bonchev–Trinajstić information content (AvgIpc) is 2.47. The molecule has 0 spiro atoms. The molecule has 19 heavy (non-hydrogen) atoms. The highest BCUT2D eigenvalue weighted by Gasteiger charge is 2.20. The number of nitrogens with zero attached hydrogens (tertiary/aromatic N) is 1. The first-order chi connectivity index (χ1) is 9.25. The third-order valence-electron chi connectivity index (χ3n) is 3.99. The van der Waals surface area contributed by atoms with Crippen molar-refractivity contribution in [1.82, 2.24) is 4.98 Å². The van der Waals surface area contributed by atoms with Crippen LogP contribution in [-0.2, 0) is 0 Å². The molecule has 1 N–H and O–H groups in total. The number of fused-ring (bicyclic) bond motifs is 1. The van der Waals surface area contributed by atoms with Crippen molar-refractivity contribution < 1.29 is 9.90 Å². The van der Waals surface area contributed by atoms with Crippen LogP contribution in [0, 0.1) is 0 Å². The van der Waals surface area contributed by atoms with Gasteiger partial charge in [0.15, 0.2) is 0 Å². The lowest BCUT2D eigenvalue weighted by molar-refractivity contribution is 0.0699. The number of rotatable bonds is 2. The number of hydrogen-bond acceptors (Lipinski definition) is 2. The van der Waals surface area contributed by atoms with Gasteiger partial charge < -0.3 is 5.11 Å². The molecule has 1 saturated carbocycles. The summed E-state index contributed by atoms with van der Waals surface area (Å²) in [5, 5.41) is 10.1. The number of pyridine rings is 1. The fourth-order valence-electron chi connectivity index (χ4n) is 2.98. The first-order valence-corrected chi connectivity index (χ1v) is 6.88. The topological polar surface area (TPSA) is 50.2 Å². The number of carboxylic acids is 1. The van der Waals surface area contributed by atoms with Crippen molar-refractivity contribution in [1.29, 1.82) is 0 Å². The molecule has 1 aromatic heterocycles. The first kappa shape index (κ1) is 12.2. The van der Waals surface area contributed by atoms with Crippen molar-refractivity contribution in [3.05, 3.63) is 41.6 Å². The highest BCUT2D eigenvalue weighted by atomic mass is 16.4. The van der Waals surface area contributed by atoms with Crippen molar-refractivity contribution in [3.63, 3.8) is 0 Å². The van der Waals surface area contributed by atoms with Gasteiger partial charge >= 0.3 is 5.97 Å². The molecule has 98 valence electrons. The number of carboxylic acid groups (broad SMARTS) is 1. The van der Waals surface area contributed by atoms with Crippen LogP contribution in [0.5, 0.6) is 0 Å². The molecule has 3 rings (SSSR count).